The first-order valence-corrected chi connectivity index (χ1v) is 4.83. The molecule has 0 aliphatic rings. The molecule has 7 nitrogen and oxygen atoms in total. The minimum absolute atomic E-state index is 0.358. The van der Waals surface area contributed by atoms with Crippen LogP contribution in [-0.4, -0.2) is 49.7 Å². The van der Waals surface area contributed by atoms with Gasteiger partial charge in [0.25, 0.3) is 0 Å². The highest BCUT2D eigenvalue weighted by atomic mass is 16.5. The molecule has 0 saturated heterocycles. The maximum absolute atomic E-state index is 5.00. The Morgan fingerprint density at radius 1 is 1.19 bits per heavy atom. The number of methoxy groups -OCH3 is 2. The molecule has 0 atom stereocenters. The van der Waals surface area contributed by atoms with Crippen molar-refractivity contribution in [1.29, 1.82) is 0 Å². The number of anilines is 2. The average molecular weight is 227 g/mol. The molecule has 0 saturated carbocycles. The molecule has 90 valence electrons. The van der Waals surface area contributed by atoms with Gasteiger partial charge in [0, 0.05) is 21.3 Å². The van der Waals surface area contributed by atoms with Crippen LogP contribution in [0, 0.1) is 6.92 Å². The van der Waals surface area contributed by atoms with E-state index in [1.807, 2.05) is 14.0 Å². The maximum Gasteiger partial charge on any atom is 0.231 e. The topological polar surface area (TPSA) is 72.4 Å². The van der Waals surface area contributed by atoms with Gasteiger partial charge in [0.1, 0.15) is 19.3 Å². The summed E-state index contributed by atoms with van der Waals surface area (Å²) in [4.78, 5) is 14.3. The zero-order valence-corrected chi connectivity index (χ0v) is 10.0. The summed E-state index contributed by atoms with van der Waals surface area (Å²) in [6, 6.07) is 0. The Kier molecular flexibility index (Phi) is 4.87. The lowest BCUT2D eigenvalue weighted by Gasteiger charge is -2.16. The fourth-order valence-corrected chi connectivity index (χ4v) is 1.11. The van der Waals surface area contributed by atoms with Crippen molar-refractivity contribution < 1.29 is 9.47 Å². The number of hydrogen-bond acceptors (Lipinski definition) is 7. The third kappa shape index (κ3) is 3.59. The Balaban J connectivity index is 2.80. The Morgan fingerprint density at radius 2 is 1.94 bits per heavy atom. The predicted octanol–water partition coefficient (Wildman–Crippen LogP) is 0.236. The quantitative estimate of drug-likeness (QED) is 0.698. The first-order valence-electron chi connectivity index (χ1n) is 4.83. The molecule has 0 aliphatic carbocycles. The van der Waals surface area contributed by atoms with Crippen LogP contribution in [0.2, 0.25) is 0 Å². The summed E-state index contributed by atoms with van der Waals surface area (Å²) in [7, 11) is 5.06. The molecule has 0 radical (unpaired) electrons. The molecule has 1 N–H and O–H groups in total. The molecule has 0 amide bonds. The molecule has 1 rings (SSSR count). The average Bonchev–Trinajstić information content (AvgIpc) is 2.26. The number of aryl methyl sites for hydroxylation is 1. The zero-order chi connectivity index (χ0) is 12.0. The van der Waals surface area contributed by atoms with Crippen molar-refractivity contribution in [1.82, 2.24) is 15.0 Å². The smallest absolute Gasteiger partial charge is 0.231 e. The predicted molar refractivity (Wildman–Crippen MR) is 60.3 cm³/mol. The van der Waals surface area contributed by atoms with Crippen LogP contribution < -0.4 is 10.2 Å². The Hall–Kier alpha value is -1.47. The van der Waals surface area contributed by atoms with Crippen molar-refractivity contribution in [2.45, 2.75) is 6.92 Å². The zero-order valence-electron chi connectivity index (χ0n) is 10.0. The Bertz CT molecular complexity index is 334. The van der Waals surface area contributed by atoms with E-state index in [4.69, 9.17) is 9.47 Å². The van der Waals surface area contributed by atoms with Crippen LogP contribution in [0.5, 0.6) is 0 Å². The van der Waals surface area contributed by atoms with Crippen molar-refractivity contribution in [3.8, 4) is 0 Å². The lowest BCUT2D eigenvalue weighted by atomic mass is 10.6. The van der Waals surface area contributed by atoms with E-state index < -0.39 is 0 Å². The van der Waals surface area contributed by atoms with E-state index in [9.17, 15) is 0 Å². The van der Waals surface area contributed by atoms with Gasteiger partial charge in [0.2, 0.25) is 11.9 Å². The van der Waals surface area contributed by atoms with Gasteiger partial charge in [-0.25, -0.2) is 0 Å². The van der Waals surface area contributed by atoms with Crippen molar-refractivity contribution in [2.24, 2.45) is 0 Å². The van der Waals surface area contributed by atoms with Gasteiger partial charge in [0.15, 0.2) is 0 Å². The molecule has 1 heterocycles. The summed E-state index contributed by atoms with van der Waals surface area (Å²) in [6.07, 6.45) is 0. The maximum atomic E-state index is 5.00. The van der Waals surface area contributed by atoms with Crippen LogP contribution in [-0.2, 0) is 9.47 Å². The second-order valence-corrected chi connectivity index (χ2v) is 3.23. The molecule has 0 aliphatic heterocycles. The molecule has 0 unspecified atom stereocenters. The van der Waals surface area contributed by atoms with E-state index in [2.05, 4.69) is 20.3 Å². The van der Waals surface area contributed by atoms with Crippen molar-refractivity contribution in [3.05, 3.63) is 5.82 Å². The molecule has 0 spiro atoms. The van der Waals surface area contributed by atoms with E-state index >= 15 is 0 Å². The monoisotopic (exact) mass is 227 g/mol. The van der Waals surface area contributed by atoms with E-state index in [1.54, 1.807) is 19.1 Å². The number of rotatable bonds is 6. The molecule has 16 heavy (non-hydrogen) atoms. The lowest BCUT2D eigenvalue weighted by molar-refractivity contribution is 0.201. The molecule has 0 aromatic carbocycles. The number of hydrogen-bond donors (Lipinski definition) is 1. The van der Waals surface area contributed by atoms with Gasteiger partial charge < -0.3 is 19.7 Å². The van der Waals surface area contributed by atoms with Gasteiger partial charge in [0.05, 0.1) is 0 Å². The summed E-state index contributed by atoms with van der Waals surface area (Å²) in [5, 5.41) is 2.92. The summed E-state index contributed by atoms with van der Waals surface area (Å²) >= 11 is 0. The van der Waals surface area contributed by atoms with Gasteiger partial charge in [-0.1, -0.05) is 0 Å². The largest absolute Gasteiger partial charge is 0.364 e. The van der Waals surface area contributed by atoms with Crippen LogP contribution in [0.3, 0.4) is 0 Å². The Labute approximate surface area is 94.8 Å². The second kappa shape index (κ2) is 6.19. The normalized spacial score (nSPS) is 10.2. The highest BCUT2D eigenvalue weighted by molar-refractivity contribution is 5.35. The van der Waals surface area contributed by atoms with E-state index in [1.165, 1.54) is 0 Å². The fourth-order valence-electron chi connectivity index (χ4n) is 1.11. The van der Waals surface area contributed by atoms with E-state index in [0.29, 0.717) is 31.2 Å². The summed E-state index contributed by atoms with van der Waals surface area (Å²) < 4.78 is 9.88. The van der Waals surface area contributed by atoms with Gasteiger partial charge in [-0.15, -0.1) is 0 Å². The van der Waals surface area contributed by atoms with Crippen molar-refractivity contribution in [3.63, 3.8) is 0 Å². The highest BCUT2D eigenvalue weighted by Gasteiger charge is 2.07. The van der Waals surface area contributed by atoms with Gasteiger partial charge in [-0.2, -0.15) is 15.0 Å². The second-order valence-electron chi connectivity index (χ2n) is 3.23. The van der Waals surface area contributed by atoms with Gasteiger partial charge in [-0.3, -0.25) is 0 Å². The summed E-state index contributed by atoms with van der Waals surface area (Å²) in [5.41, 5.74) is 0. The molecular weight excluding hydrogens is 210 g/mol. The Morgan fingerprint density at radius 3 is 2.56 bits per heavy atom. The first-order chi connectivity index (χ1) is 7.67. The molecule has 1 aromatic rings. The highest BCUT2D eigenvalue weighted by Crippen LogP contribution is 2.08. The van der Waals surface area contributed by atoms with Crippen LogP contribution in [0.4, 0.5) is 11.9 Å². The minimum Gasteiger partial charge on any atom is -0.364 e. The molecule has 0 fully saturated rings. The fraction of sp³-hybridized carbons (Fsp3) is 0.667. The van der Waals surface area contributed by atoms with Crippen LogP contribution >= 0.6 is 0 Å². The first kappa shape index (κ1) is 12.6. The molecule has 0 bridgehead atoms. The van der Waals surface area contributed by atoms with Crippen molar-refractivity contribution in [2.75, 3.05) is 44.9 Å². The van der Waals surface area contributed by atoms with E-state index in [-0.39, 0.29) is 0 Å². The van der Waals surface area contributed by atoms with Gasteiger partial charge >= 0.3 is 0 Å². The number of aromatic nitrogens is 3. The SMILES string of the molecule is COCNc1nc(C)nc(N(C)COC)n1. The van der Waals surface area contributed by atoms with Crippen LogP contribution in [0.15, 0.2) is 0 Å². The standard InChI is InChI=1S/C9H17N5O2/c1-7-11-8(10-5-15-3)13-9(12-7)14(2)6-16-4/h5-6H2,1-4H3,(H,10,11,12,13). The molecular formula is C9H17N5O2. The number of ether oxygens (including phenoxy) is 2. The van der Waals surface area contributed by atoms with Crippen LogP contribution in [0.25, 0.3) is 0 Å². The minimum atomic E-state index is 0.358. The van der Waals surface area contributed by atoms with Gasteiger partial charge in [-0.05, 0) is 6.92 Å². The lowest BCUT2D eigenvalue weighted by Crippen LogP contribution is -2.23. The van der Waals surface area contributed by atoms with Crippen molar-refractivity contribution >= 4 is 11.9 Å². The summed E-state index contributed by atoms with van der Waals surface area (Å²) in [5.74, 6) is 1.70. The van der Waals surface area contributed by atoms with E-state index in [0.717, 1.165) is 0 Å². The molecule has 7 heteroatoms. The number of nitrogens with zero attached hydrogens (tertiary/aromatic N) is 4. The third-order valence-electron chi connectivity index (χ3n) is 1.77. The molecule has 1 aromatic heterocycles. The number of nitrogens with one attached hydrogen (secondary N) is 1. The third-order valence-corrected chi connectivity index (χ3v) is 1.77. The summed E-state index contributed by atoms with van der Waals surface area (Å²) in [6.45, 7) is 2.59. The van der Waals surface area contributed by atoms with Crippen LogP contribution in [0.1, 0.15) is 5.82 Å².